The van der Waals surface area contributed by atoms with Crippen LogP contribution < -0.4 is 5.32 Å². The molecular weight excluding hydrogens is 384 g/mol. The van der Waals surface area contributed by atoms with Gasteiger partial charge >= 0.3 is 0 Å². The number of nitrogens with zero attached hydrogens (tertiary/aromatic N) is 3. The highest BCUT2D eigenvalue weighted by molar-refractivity contribution is 9.10. The summed E-state index contributed by atoms with van der Waals surface area (Å²) in [5.41, 5.74) is 3.03. The summed E-state index contributed by atoms with van der Waals surface area (Å²) in [6, 6.07) is 6.95. The number of nitrogens with one attached hydrogen (secondary N) is 1. The van der Waals surface area contributed by atoms with Gasteiger partial charge in [-0.3, -0.25) is 14.3 Å². The van der Waals surface area contributed by atoms with Gasteiger partial charge in [0.25, 0.3) is 5.91 Å². The van der Waals surface area contributed by atoms with Crippen LogP contribution in [0.15, 0.2) is 28.7 Å². The maximum absolute atomic E-state index is 12.3. The van der Waals surface area contributed by atoms with Crippen molar-refractivity contribution < 1.29 is 9.59 Å². The van der Waals surface area contributed by atoms with E-state index in [9.17, 15) is 9.59 Å². The molecule has 0 aliphatic rings. The lowest BCUT2D eigenvalue weighted by molar-refractivity contribution is -0.116. The average molecular weight is 407 g/mol. The van der Waals surface area contributed by atoms with Crippen molar-refractivity contribution in [1.29, 1.82) is 0 Å². The number of rotatable bonds is 6. The van der Waals surface area contributed by atoms with Gasteiger partial charge in [-0.25, -0.2) is 0 Å². The molecule has 1 heterocycles. The number of hydrogen-bond donors (Lipinski definition) is 1. The lowest BCUT2D eigenvalue weighted by Gasteiger charge is -2.18. The van der Waals surface area contributed by atoms with Crippen LogP contribution >= 0.6 is 15.9 Å². The fraction of sp³-hybridized carbons (Fsp3) is 0.389. The minimum Gasteiger partial charge on any atom is -0.339 e. The van der Waals surface area contributed by atoms with Crippen molar-refractivity contribution in [3.05, 3.63) is 45.7 Å². The van der Waals surface area contributed by atoms with Crippen molar-refractivity contribution in [2.45, 2.75) is 34.2 Å². The van der Waals surface area contributed by atoms with Crippen molar-refractivity contribution >= 4 is 33.4 Å². The fourth-order valence-corrected chi connectivity index (χ4v) is 2.84. The molecule has 0 unspecified atom stereocenters. The van der Waals surface area contributed by atoms with Gasteiger partial charge in [0.1, 0.15) is 6.54 Å². The van der Waals surface area contributed by atoms with Crippen LogP contribution in [-0.4, -0.2) is 39.6 Å². The molecule has 0 aliphatic heterocycles. The first-order valence-electron chi connectivity index (χ1n) is 8.26. The summed E-state index contributed by atoms with van der Waals surface area (Å²) in [7, 11) is 0. The zero-order valence-electron chi connectivity index (χ0n) is 15.0. The quantitative estimate of drug-likeness (QED) is 0.799. The average Bonchev–Trinajstić information content (AvgIpc) is 2.83. The fourth-order valence-electron chi connectivity index (χ4n) is 2.56. The molecule has 6 nitrogen and oxygen atoms in total. The summed E-state index contributed by atoms with van der Waals surface area (Å²) in [5.74, 6) is -0.170. The number of aromatic nitrogens is 2. The third-order valence-corrected chi connectivity index (χ3v) is 5.20. The molecule has 7 heteroatoms. The topological polar surface area (TPSA) is 67.2 Å². The molecule has 0 saturated carbocycles. The molecule has 1 aromatic carbocycles. The van der Waals surface area contributed by atoms with Crippen LogP contribution in [0.5, 0.6) is 0 Å². The number of anilines is 1. The molecule has 2 aromatic rings. The first-order chi connectivity index (χ1) is 11.9. The Morgan fingerprint density at radius 3 is 2.24 bits per heavy atom. The van der Waals surface area contributed by atoms with Crippen LogP contribution in [-0.2, 0) is 11.3 Å². The highest BCUT2D eigenvalue weighted by atomic mass is 79.9. The second-order valence-corrected chi connectivity index (χ2v) is 6.54. The lowest BCUT2D eigenvalue weighted by Crippen LogP contribution is -2.30. The molecule has 25 heavy (non-hydrogen) atoms. The van der Waals surface area contributed by atoms with Crippen molar-refractivity contribution in [2.24, 2.45) is 0 Å². The van der Waals surface area contributed by atoms with Gasteiger partial charge in [-0.2, -0.15) is 5.10 Å². The largest absolute Gasteiger partial charge is 0.339 e. The first-order valence-corrected chi connectivity index (χ1v) is 9.05. The SMILES string of the molecule is CCN(CC)C(=O)c1ccc(NC(=O)Cn2nc(C)c(Br)c2C)cc1. The van der Waals surface area contributed by atoms with E-state index in [1.54, 1.807) is 33.8 Å². The van der Waals surface area contributed by atoms with E-state index in [2.05, 4.69) is 26.3 Å². The van der Waals surface area contributed by atoms with Gasteiger partial charge < -0.3 is 10.2 Å². The van der Waals surface area contributed by atoms with Gasteiger partial charge in [0.2, 0.25) is 5.91 Å². The number of carbonyl (C=O) groups excluding carboxylic acids is 2. The Morgan fingerprint density at radius 1 is 1.16 bits per heavy atom. The molecule has 134 valence electrons. The second kappa shape index (κ2) is 8.29. The Labute approximate surface area is 156 Å². The Bertz CT molecular complexity index is 764. The van der Waals surface area contributed by atoms with E-state index >= 15 is 0 Å². The summed E-state index contributed by atoms with van der Waals surface area (Å²) in [5, 5.41) is 7.16. The third-order valence-electron chi connectivity index (χ3n) is 4.05. The van der Waals surface area contributed by atoms with Crippen LogP contribution in [0, 0.1) is 13.8 Å². The number of halogens is 1. The summed E-state index contributed by atoms with van der Waals surface area (Å²) >= 11 is 3.45. The molecule has 2 rings (SSSR count). The van der Waals surface area contributed by atoms with Crippen LogP contribution in [0.1, 0.15) is 35.6 Å². The Hall–Kier alpha value is -2.15. The van der Waals surface area contributed by atoms with Crippen LogP contribution in [0.2, 0.25) is 0 Å². The highest BCUT2D eigenvalue weighted by Gasteiger charge is 2.14. The Kier molecular flexibility index (Phi) is 6.36. The summed E-state index contributed by atoms with van der Waals surface area (Å²) in [4.78, 5) is 26.2. The number of amides is 2. The molecule has 0 spiro atoms. The number of aryl methyl sites for hydroxylation is 1. The molecule has 0 aliphatic carbocycles. The van der Waals surface area contributed by atoms with Crippen LogP contribution in [0.4, 0.5) is 5.69 Å². The minimum absolute atomic E-state index is 0.00429. The van der Waals surface area contributed by atoms with E-state index in [4.69, 9.17) is 0 Å². The van der Waals surface area contributed by atoms with Gasteiger partial charge in [-0.15, -0.1) is 0 Å². The van der Waals surface area contributed by atoms with Gasteiger partial charge in [0.15, 0.2) is 0 Å². The maximum atomic E-state index is 12.3. The lowest BCUT2D eigenvalue weighted by atomic mass is 10.1. The van der Waals surface area contributed by atoms with E-state index in [0.717, 1.165) is 15.9 Å². The highest BCUT2D eigenvalue weighted by Crippen LogP contribution is 2.19. The van der Waals surface area contributed by atoms with Crippen LogP contribution in [0.25, 0.3) is 0 Å². The van der Waals surface area contributed by atoms with Gasteiger partial charge in [-0.1, -0.05) is 0 Å². The monoisotopic (exact) mass is 406 g/mol. The number of benzene rings is 1. The van der Waals surface area contributed by atoms with Gasteiger partial charge in [0, 0.05) is 24.3 Å². The molecule has 1 N–H and O–H groups in total. The molecule has 1 aromatic heterocycles. The van der Waals surface area contributed by atoms with E-state index in [-0.39, 0.29) is 18.4 Å². The van der Waals surface area contributed by atoms with Crippen molar-refractivity contribution in [1.82, 2.24) is 14.7 Å². The number of carbonyl (C=O) groups is 2. The molecule has 0 atom stereocenters. The molecule has 0 bridgehead atoms. The van der Waals surface area contributed by atoms with Crippen molar-refractivity contribution in [3.63, 3.8) is 0 Å². The predicted molar refractivity (Wildman–Crippen MR) is 102 cm³/mol. The van der Waals surface area contributed by atoms with E-state index in [1.807, 2.05) is 27.7 Å². The smallest absolute Gasteiger partial charge is 0.253 e. The van der Waals surface area contributed by atoms with Gasteiger partial charge in [0.05, 0.1) is 15.9 Å². The zero-order valence-corrected chi connectivity index (χ0v) is 16.6. The molecule has 2 amide bonds. The van der Waals surface area contributed by atoms with E-state index in [1.165, 1.54) is 0 Å². The molecular formula is C18H23BrN4O2. The van der Waals surface area contributed by atoms with E-state index in [0.29, 0.717) is 24.3 Å². The Morgan fingerprint density at radius 2 is 1.76 bits per heavy atom. The summed E-state index contributed by atoms with van der Waals surface area (Å²) in [6.07, 6.45) is 0. The third kappa shape index (κ3) is 4.48. The predicted octanol–water partition coefficient (Wildman–Crippen LogP) is 3.38. The standard InChI is InChI=1S/C18H23BrN4O2/c1-5-22(6-2)18(25)14-7-9-15(10-8-14)20-16(24)11-23-13(4)17(19)12(3)21-23/h7-10H,5-6,11H2,1-4H3,(H,20,24). The normalized spacial score (nSPS) is 10.6. The molecule has 0 saturated heterocycles. The molecule has 0 fully saturated rings. The van der Waals surface area contributed by atoms with Crippen molar-refractivity contribution in [2.75, 3.05) is 18.4 Å². The van der Waals surface area contributed by atoms with E-state index < -0.39 is 0 Å². The maximum Gasteiger partial charge on any atom is 0.253 e. The summed E-state index contributed by atoms with van der Waals surface area (Å²) < 4.78 is 2.58. The van der Waals surface area contributed by atoms with Gasteiger partial charge in [-0.05, 0) is 67.9 Å². The first kappa shape index (κ1) is 19.2. The zero-order chi connectivity index (χ0) is 18.6. The van der Waals surface area contributed by atoms with Crippen molar-refractivity contribution in [3.8, 4) is 0 Å². The number of hydrogen-bond acceptors (Lipinski definition) is 3. The minimum atomic E-state index is -0.166. The van der Waals surface area contributed by atoms with Crippen LogP contribution in [0.3, 0.4) is 0 Å². The summed E-state index contributed by atoms with van der Waals surface area (Å²) in [6.45, 7) is 9.18. The second-order valence-electron chi connectivity index (χ2n) is 5.75. The Balaban J connectivity index is 2.02. The molecule has 0 radical (unpaired) electrons.